The SMILES string of the molecule is O=C(c1ccc2nc(Cl)sc2c1)N1CCCC1. The van der Waals surface area contributed by atoms with Crippen molar-refractivity contribution in [1.29, 1.82) is 0 Å². The van der Waals surface area contributed by atoms with Gasteiger partial charge in [-0.05, 0) is 31.0 Å². The molecule has 3 rings (SSSR count). The van der Waals surface area contributed by atoms with Crippen LogP contribution < -0.4 is 0 Å². The van der Waals surface area contributed by atoms with Crippen molar-refractivity contribution in [3.05, 3.63) is 28.2 Å². The fraction of sp³-hybridized carbons (Fsp3) is 0.333. The molecule has 3 nitrogen and oxygen atoms in total. The van der Waals surface area contributed by atoms with Gasteiger partial charge in [-0.2, -0.15) is 0 Å². The maximum atomic E-state index is 12.2. The minimum Gasteiger partial charge on any atom is -0.339 e. The largest absolute Gasteiger partial charge is 0.339 e. The van der Waals surface area contributed by atoms with Crippen molar-refractivity contribution in [3.63, 3.8) is 0 Å². The lowest BCUT2D eigenvalue weighted by Gasteiger charge is -2.14. The number of nitrogens with zero attached hydrogens (tertiary/aromatic N) is 2. The third kappa shape index (κ3) is 2.03. The van der Waals surface area contributed by atoms with E-state index in [4.69, 9.17) is 11.6 Å². The van der Waals surface area contributed by atoms with E-state index in [0.717, 1.165) is 41.7 Å². The molecule has 17 heavy (non-hydrogen) atoms. The smallest absolute Gasteiger partial charge is 0.253 e. The molecule has 1 aliphatic rings. The van der Waals surface area contributed by atoms with Gasteiger partial charge in [-0.1, -0.05) is 11.6 Å². The number of thiazole rings is 1. The third-order valence-electron chi connectivity index (χ3n) is 3.00. The highest BCUT2D eigenvalue weighted by atomic mass is 35.5. The van der Waals surface area contributed by atoms with Crippen molar-refractivity contribution < 1.29 is 4.79 Å². The Bertz CT molecular complexity index is 575. The molecule has 1 fully saturated rings. The summed E-state index contributed by atoms with van der Waals surface area (Å²) < 4.78 is 1.49. The zero-order valence-electron chi connectivity index (χ0n) is 9.15. The lowest BCUT2D eigenvalue weighted by Crippen LogP contribution is -2.27. The molecule has 2 aromatic rings. The Morgan fingerprint density at radius 2 is 2.12 bits per heavy atom. The number of rotatable bonds is 1. The maximum absolute atomic E-state index is 12.2. The summed E-state index contributed by atoms with van der Waals surface area (Å²) in [7, 11) is 0. The van der Waals surface area contributed by atoms with Crippen LogP contribution in [-0.4, -0.2) is 28.9 Å². The number of benzene rings is 1. The van der Waals surface area contributed by atoms with E-state index in [1.165, 1.54) is 11.3 Å². The molecule has 0 radical (unpaired) electrons. The molecule has 1 saturated heterocycles. The highest BCUT2D eigenvalue weighted by molar-refractivity contribution is 7.22. The van der Waals surface area contributed by atoms with E-state index in [1.54, 1.807) is 0 Å². The third-order valence-corrected chi connectivity index (χ3v) is 4.13. The normalized spacial score (nSPS) is 15.7. The molecule has 0 N–H and O–H groups in total. The van der Waals surface area contributed by atoms with E-state index in [0.29, 0.717) is 4.47 Å². The van der Waals surface area contributed by atoms with Gasteiger partial charge in [-0.3, -0.25) is 4.79 Å². The molecular weight excluding hydrogens is 256 g/mol. The monoisotopic (exact) mass is 266 g/mol. The zero-order valence-corrected chi connectivity index (χ0v) is 10.7. The van der Waals surface area contributed by atoms with Crippen LogP contribution in [0.2, 0.25) is 4.47 Å². The summed E-state index contributed by atoms with van der Waals surface area (Å²) in [5, 5.41) is 0. The molecule has 2 heterocycles. The highest BCUT2D eigenvalue weighted by Gasteiger charge is 2.19. The summed E-state index contributed by atoms with van der Waals surface area (Å²) in [6.07, 6.45) is 2.22. The molecule has 1 amide bonds. The van der Waals surface area contributed by atoms with Crippen LogP contribution >= 0.6 is 22.9 Å². The fourth-order valence-corrected chi connectivity index (χ4v) is 3.20. The molecule has 0 bridgehead atoms. The second-order valence-electron chi connectivity index (χ2n) is 4.15. The highest BCUT2D eigenvalue weighted by Crippen LogP contribution is 2.27. The number of fused-ring (bicyclic) bond motifs is 1. The van der Waals surface area contributed by atoms with Crippen molar-refractivity contribution in [2.75, 3.05) is 13.1 Å². The molecule has 0 aliphatic carbocycles. The van der Waals surface area contributed by atoms with Crippen molar-refractivity contribution in [2.45, 2.75) is 12.8 Å². The van der Waals surface area contributed by atoms with E-state index >= 15 is 0 Å². The second-order valence-corrected chi connectivity index (χ2v) is 5.76. The summed E-state index contributed by atoms with van der Waals surface area (Å²) in [5.74, 6) is 0.119. The summed E-state index contributed by atoms with van der Waals surface area (Å²) >= 11 is 7.26. The van der Waals surface area contributed by atoms with E-state index in [9.17, 15) is 4.79 Å². The summed E-state index contributed by atoms with van der Waals surface area (Å²) in [6.45, 7) is 1.75. The molecule has 0 unspecified atom stereocenters. The number of hydrogen-bond donors (Lipinski definition) is 0. The second kappa shape index (κ2) is 4.27. The van der Waals surface area contributed by atoms with Crippen LogP contribution in [0.15, 0.2) is 18.2 Å². The van der Waals surface area contributed by atoms with Gasteiger partial charge in [-0.25, -0.2) is 4.98 Å². The molecule has 0 saturated carbocycles. The maximum Gasteiger partial charge on any atom is 0.253 e. The molecule has 5 heteroatoms. The first-order valence-electron chi connectivity index (χ1n) is 5.59. The first kappa shape index (κ1) is 11.0. The van der Waals surface area contributed by atoms with Crippen LogP contribution in [0.3, 0.4) is 0 Å². The standard InChI is InChI=1S/C12H11ClN2OS/c13-12-14-9-4-3-8(7-10(9)17-12)11(16)15-5-1-2-6-15/h3-4,7H,1-2,5-6H2. The molecule has 1 aromatic heterocycles. The van der Waals surface area contributed by atoms with Crippen LogP contribution in [0.25, 0.3) is 10.2 Å². The number of amides is 1. The van der Waals surface area contributed by atoms with E-state index < -0.39 is 0 Å². The van der Waals surface area contributed by atoms with Gasteiger partial charge in [-0.15, -0.1) is 11.3 Å². The Kier molecular flexibility index (Phi) is 2.76. The van der Waals surface area contributed by atoms with Crippen LogP contribution in [0, 0.1) is 0 Å². The number of carbonyl (C=O) groups is 1. The topological polar surface area (TPSA) is 33.2 Å². The lowest BCUT2D eigenvalue weighted by molar-refractivity contribution is 0.0793. The number of aromatic nitrogens is 1. The minimum atomic E-state index is 0.119. The number of hydrogen-bond acceptors (Lipinski definition) is 3. The van der Waals surface area contributed by atoms with Gasteiger partial charge in [0.15, 0.2) is 4.47 Å². The fourth-order valence-electron chi connectivity index (χ4n) is 2.13. The van der Waals surface area contributed by atoms with Crippen LogP contribution in [0.4, 0.5) is 0 Å². The molecule has 0 atom stereocenters. The minimum absolute atomic E-state index is 0.119. The summed E-state index contributed by atoms with van der Waals surface area (Å²) in [4.78, 5) is 18.3. The van der Waals surface area contributed by atoms with E-state index in [1.807, 2.05) is 23.1 Å². The Balaban J connectivity index is 1.96. The van der Waals surface area contributed by atoms with Gasteiger partial charge in [0.1, 0.15) is 0 Å². The van der Waals surface area contributed by atoms with Gasteiger partial charge in [0.25, 0.3) is 5.91 Å². The van der Waals surface area contributed by atoms with Crippen LogP contribution in [0.1, 0.15) is 23.2 Å². The first-order valence-corrected chi connectivity index (χ1v) is 6.79. The Hall–Kier alpha value is -1.13. The Morgan fingerprint density at radius 1 is 1.35 bits per heavy atom. The quantitative estimate of drug-likeness (QED) is 0.794. The molecule has 1 aromatic carbocycles. The van der Waals surface area contributed by atoms with Gasteiger partial charge in [0.2, 0.25) is 0 Å². The molecular formula is C12H11ClN2OS. The predicted molar refractivity (Wildman–Crippen MR) is 69.8 cm³/mol. The Labute approximate surface area is 108 Å². The molecule has 0 spiro atoms. The number of halogens is 1. The van der Waals surface area contributed by atoms with Crippen molar-refractivity contribution in [1.82, 2.24) is 9.88 Å². The average Bonchev–Trinajstić information content (AvgIpc) is 2.94. The van der Waals surface area contributed by atoms with E-state index in [2.05, 4.69) is 4.98 Å². The van der Waals surface area contributed by atoms with Crippen LogP contribution in [-0.2, 0) is 0 Å². The van der Waals surface area contributed by atoms with Gasteiger partial charge in [0, 0.05) is 18.7 Å². The summed E-state index contributed by atoms with van der Waals surface area (Å²) in [5.41, 5.74) is 1.60. The molecule has 1 aliphatic heterocycles. The average molecular weight is 267 g/mol. The van der Waals surface area contributed by atoms with Crippen molar-refractivity contribution >= 4 is 39.1 Å². The van der Waals surface area contributed by atoms with Crippen molar-refractivity contribution in [3.8, 4) is 0 Å². The van der Waals surface area contributed by atoms with Crippen LogP contribution in [0.5, 0.6) is 0 Å². The van der Waals surface area contributed by atoms with Crippen molar-refractivity contribution in [2.24, 2.45) is 0 Å². The van der Waals surface area contributed by atoms with Gasteiger partial charge in [0.05, 0.1) is 10.2 Å². The van der Waals surface area contributed by atoms with Gasteiger partial charge < -0.3 is 4.90 Å². The van der Waals surface area contributed by atoms with E-state index in [-0.39, 0.29) is 5.91 Å². The Morgan fingerprint density at radius 3 is 2.88 bits per heavy atom. The predicted octanol–water partition coefficient (Wildman–Crippen LogP) is 3.19. The zero-order chi connectivity index (χ0) is 11.8. The number of likely N-dealkylation sites (tertiary alicyclic amines) is 1. The van der Waals surface area contributed by atoms with Gasteiger partial charge >= 0.3 is 0 Å². The summed E-state index contributed by atoms with van der Waals surface area (Å²) in [6, 6.07) is 5.58. The lowest BCUT2D eigenvalue weighted by atomic mass is 10.2. The first-order chi connectivity index (χ1) is 8.24. The molecule has 88 valence electrons. The number of carbonyl (C=O) groups excluding carboxylic acids is 1.